The van der Waals surface area contributed by atoms with Crippen molar-refractivity contribution in [1.82, 2.24) is 19.9 Å². The average molecular weight is 304 g/mol. The van der Waals surface area contributed by atoms with Crippen molar-refractivity contribution in [3.63, 3.8) is 0 Å². The number of nitrogens with zero attached hydrogens (tertiary/aromatic N) is 4. The Kier molecular flexibility index (Phi) is 3.89. The highest BCUT2D eigenvalue weighted by atomic mass is 19.1. The van der Waals surface area contributed by atoms with Gasteiger partial charge in [0.05, 0.1) is 24.6 Å². The topological polar surface area (TPSA) is 60.2 Å². The Morgan fingerprint density at radius 1 is 1.27 bits per heavy atom. The molecule has 3 rings (SSSR count). The molecule has 0 radical (unpaired) electrons. The maximum atomic E-state index is 13.7. The van der Waals surface area contributed by atoms with Gasteiger partial charge in [-0.3, -0.25) is 4.79 Å². The SMILES string of the molecule is Cc1c(F)cccc1-n1nnc(C(=O)N2CCOCC2)c1C. The largest absolute Gasteiger partial charge is 0.378 e. The molecule has 0 atom stereocenters. The van der Waals surface area contributed by atoms with Crippen molar-refractivity contribution in [2.45, 2.75) is 13.8 Å². The van der Waals surface area contributed by atoms with E-state index in [9.17, 15) is 9.18 Å². The van der Waals surface area contributed by atoms with Crippen LogP contribution < -0.4 is 0 Å². The number of halogens is 1. The average Bonchev–Trinajstić information content (AvgIpc) is 2.92. The molecular weight excluding hydrogens is 287 g/mol. The first kappa shape index (κ1) is 14.6. The van der Waals surface area contributed by atoms with Crippen molar-refractivity contribution in [3.05, 3.63) is 41.0 Å². The molecule has 0 unspecified atom stereocenters. The Bertz CT molecular complexity index is 708. The van der Waals surface area contributed by atoms with Crippen LogP contribution in [0.25, 0.3) is 5.69 Å². The monoisotopic (exact) mass is 304 g/mol. The summed E-state index contributed by atoms with van der Waals surface area (Å²) in [5.41, 5.74) is 1.96. The van der Waals surface area contributed by atoms with E-state index in [4.69, 9.17) is 4.74 Å². The van der Waals surface area contributed by atoms with E-state index in [1.54, 1.807) is 30.9 Å². The minimum absolute atomic E-state index is 0.166. The highest BCUT2D eigenvalue weighted by molar-refractivity contribution is 5.93. The van der Waals surface area contributed by atoms with Crippen molar-refractivity contribution < 1.29 is 13.9 Å². The van der Waals surface area contributed by atoms with Crippen LogP contribution in [-0.2, 0) is 4.74 Å². The lowest BCUT2D eigenvalue weighted by Gasteiger charge is -2.26. The van der Waals surface area contributed by atoms with Crippen LogP contribution in [0.3, 0.4) is 0 Å². The molecule has 1 aliphatic heterocycles. The number of ether oxygens (including phenoxy) is 1. The highest BCUT2D eigenvalue weighted by Gasteiger charge is 2.25. The fourth-order valence-electron chi connectivity index (χ4n) is 2.50. The van der Waals surface area contributed by atoms with Gasteiger partial charge in [-0.1, -0.05) is 11.3 Å². The van der Waals surface area contributed by atoms with Crippen molar-refractivity contribution in [3.8, 4) is 5.69 Å². The van der Waals surface area contributed by atoms with Gasteiger partial charge in [-0.25, -0.2) is 9.07 Å². The van der Waals surface area contributed by atoms with Gasteiger partial charge in [0.2, 0.25) is 0 Å². The number of hydrogen-bond acceptors (Lipinski definition) is 4. The van der Waals surface area contributed by atoms with Gasteiger partial charge in [0.25, 0.3) is 5.91 Å². The second-order valence-corrected chi connectivity index (χ2v) is 5.22. The summed E-state index contributed by atoms with van der Waals surface area (Å²) < 4.78 is 20.5. The Hall–Kier alpha value is -2.28. The molecule has 0 bridgehead atoms. The van der Waals surface area contributed by atoms with Gasteiger partial charge < -0.3 is 9.64 Å². The molecule has 0 saturated carbocycles. The summed E-state index contributed by atoms with van der Waals surface area (Å²) in [6, 6.07) is 4.76. The molecule has 1 aliphatic rings. The molecular formula is C15H17FN4O2. The maximum absolute atomic E-state index is 13.7. The van der Waals surface area contributed by atoms with E-state index in [1.165, 1.54) is 10.7 Å². The highest BCUT2D eigenvalue weighted by Crippen LogP contribution is 2.19. The van der Waals surface area contributed by atoms with Crippen molar-refractivity contribution in [2.24, 2.45) is 0 Å². The zero-order valence-corrected chi connectivity index (χ0v) is 12.5. The Morgan fingerprint density at radius 3 is 2.73 bits per heavy atom. The summed E-state index contributed by atoms with van der Waals surface area (Å²) in [4.78, 5) is 14.2. The summed E-state index contributed by atoms with van der Waals surface area (Å²) in [5, 5.41) is 8.02. The van der Waals surface area contributed by atoms with E-state index in [0.29, 0.717) is 48.9 Å². The van der Waals surface area contributed by atoms with Crippen molar-refractivity contribution >= 4 is 5.91 Å². The van der Waals surface area contributed by atoms with Crippen LogP contribution in [0.15, 0.2) is 18.2 Å². The standard InChI is InChI=1S/C15H17FN4O2/c1-10-12(16)4-3-5-13(10)20-11(2)14(17-18-20)15(21)19-6-8-22-9-7-19/h3-5H,6-9H2,1-2H3. The van der Waals surface area contributed by atoms with E-state index in [1.807, 2.05) is 0 Å². The lowest BCUT2D eigenvalue weighted by atomic mass is 10.2. The van der Waals surface area contributed by atoms with Crippen LogP contribution in [0.5, 0.6) is 0 Å². The van der Waals surface area contributed by atoms with E-state index in [2.05, 4.69) is 10.3 Å². The van der Waals surface area contributed by atoms with Gasteiger partial charge in [-0.2, -0.15) is 0 Å². The number of benzene rings is 1. The Labute approximate surface area is 127 Å². The number of carbonyl (C=O) groups excluding carboxylic acids is 1. The molecule has 2 aromatic rings. The molecule has 116 valence electrons. The van der Waals surface area contributed by atoms with Crippen LogP contribution >= 0.6 is 0 Å². The van der Waals surface area contributed by atoms with Gasteiger partial charge >= 0.3 is 0 Å². The van der Waals surface area contributed by atoms with Crippen LogP contribution in [-0.4, -0.2) is 52.1 Å². The van der Waals surface area contributed by atoms with Gasteiger partial charge in [-0.15, -0.1) is 5.10 Å². The number of hydrogen-bond donors (Lipinski definition) is 0. The van der Waals surface area contributed by atoms with E-state index in [0.717, 1.165) is 0 Å². The molecule has 1 aromatic carbocycles. The minimum Gasteiger partial charge on any atom is -0.378 e. The number of carbonyl (C=O) groups is 1. The molecule has 22 heavy (non-hydrogen) atoms. The molecule has 0 aliphatic carbocycles. The third kappa shape index (κ3) is 2.48. The molecule has 1 fully saturated rings. The molecule has 1 saturated heterocycles. The summed E-state index contributed by atoms with van der Waals surface area (Å²) in [7, 11) is 0. The first-order chi connectivity index (χ1) is 10.6. The zero-order valence-electron chi connectivity index (χ0n) is 12.5. The van der Waals surface area contributed by atoms with E-state index >= 15 is 0 Å². The van der Waals surface area contributed by atoms with Crippen LogP contribution in [0, 0.1) is 19.7 Å². The summed E-state index contributed by atoms with van der Waals surface area (Å²) in [5.74, 6) is -0.477. The molecule has 0 spiro atoms. The van der Waals surface area contributed by atoms with E-state index < -0.39 is 0 Å². The van der Waals surface area contributed by atoms with Gasteiger partial charge in [-0.05, 0) is 26.0 Å². The fraction of sp³-hybridized carbons (Fsp3) is 0.400. The second-order valence-electron chi connectivity index (χ2n) is 5.22. The molecule has 6 nitrogen and oxygen atoms in total. The number of amides is 1. The zero-order chi connectivity index (χ0) is 15.7. The van der Waals surface area contributed by atoms with Crippen molar-refractivity contribution in [2.75, 3.05) is 26.3 Å². The lowest BCUT2D eigenvalue weighted by Crippen LogP contribution is -2.41. The third-order valence-corrected chi connectivity index (χ3v) is 3.86. The molecule has 1 amide bonds. The quantitative estimate of drug-likeness (QED) is 0.843. The summed E-state index contributed by atoms with van der Waals surface area (Å²) >= 11 is 0. The second kappa shape index (κ2) is 5.84. The fourth-order valence-corrected chi connectivity index (χ4v) is 2.50. The summed E-state index contributed by atoms with van der Waals surface area (Å²) in [6.45, 7) is 5.59. The van der Waals surface area contributed by atoms with Crippen LogP contribution in [0.2, 0.25) is 0 Å². The van der Waals surface area contributed by atoms with Gasteiger partial charge in [0.1, 0.15) is 5.82 Å². The number of morpholine rings is 1. The Morgan fingerprint density at radius 2 is 2.00 bits per heavy atom. The molecule has 0 N–H and O–H groups in total. The lowest BCUT2D eigenvalue weighted by molar-refractivity contribution is 0.0298. The van der Waals surface area contributed by atoms with E-state index in [-0.39, 0.29) is 11.7 Å². The van der Waals surface area contributed by atoms with Gasteiger partial charge in [0.15, 0.2) is 5.69 Å². The van der Waals surface area contributed by atoms with Crippen molar-refractivity contribution in [1.29, 1.82) is 0 Å². The minimum atomic E-state index is -0.312. The van der Waals surface area contributed by atoms with Gasteiger partial charge in [0, 0.05) is 18.7 Å². The van der Waals surface area contributed by atoms with Crippen LogP contribution in [0.4, 0.5) is 4.39 Å². The molecule has 7 heteroatoms. The summed E-state index contributed by atoms with van der Waals surface area (Å²) in [6.07, 6.45) is 0. The maximum Gasteiger partial charge on any atom is 0.276 e. The Balaban J connectivity index is 1.95. The predicted molar refractivity (Wildman–Crippen MR) is 77.5 cm³/mol. The first-order valence-electron chi connectivity index (χ1n) is 7.14. The molecule has 2 heterocycles. The molecule has 1 aromatic heterocycles. The normalized spacial score (nSPS) is 15.1. The number of aromatic nitrogens is 3. The number of rotatable bonds is 2. The smallest absolute Gasteiger partial charge is 0.276 e. The van der Waals surface area contributed by atoms with Crippen LogP contribution in [0.1, 0.15) is 21.7 Å². The first-order valence-corrected chi connectivity index (χ1v) is 7.14. The predicted octanol–water partition coefficient (Wildman–Crippen LogP) is 1.50. The third-order valence-electron chi connectivity index (χ3n) is 3.86.